The van der Waals surface area contributed by atoms with Crippen LogP contribution in [0.15, 0.2) is 60.7 Å². The average molecular weight is 352 g/mol. The number of fused-ring (bicyclic) bond motifs is 1. The quantitative estimate of drug-likeness (QED) is 0.755. The minimum absolute atomic E-state index is 0.220. The molecule has 3 nitrogen and oxygen atoms in total. The third kappa shape index (κ3) is 3.71. The summed E-state index contributed by atoms with van der Waals surface area (Å²) in [5.74, 6) is -0.123. The second-order valence-electron chi connectivity index (χ2n) is 6.73. The zero-order chi connectivity index (χ0) is 17.9. The summed E-state index contributed by atoms with van der Waals surface area (Å²) in [7, 11) is 0. The van der Waals surface area contributed by atoms with E-state index in [9.17, 15) is 9.50 Å². The van der Waals surface area contributed by atoms with Gasteiger partial charge in [-0.2, -0.15) is 0 Å². The molecule has 1 fully saturated rings. The summed E-state index contributed by atoms with van der Waals surface area (Å²) in [6.07, 6.45) is 0.0490. The summed E-state index contributed by atoms with van der Waals surface area (Å²) in [5, 5.41) is 12.5. The number of benzene rings is 3. The lowest BCUT2D eigenvalue weighted by Gasteiger charge is -2.28. The molecule has 1 aliphatic rings. The molecule has 26 heavy (non-hydrogen) atoms. The molecule has 3 aromatic rings. The van der Waals surface area contributed by atoms with Crippen LogP contribution in [-0.4, -0.2) is 24.4 Å². The maximum Gasteiger partial charge on any atom is 0.127 e. The van der Waals surface area contributed by atoms with Gasteiger partial charge in [0.25, 0.3) is 0 Å². The fourth-order valence-corrected chi connectivity index (χ4v) is 3.42. The number of halogens is 1. The van der Waals surface area contributed by atoms with Crippen molar-refractivity contribution in [1.29, 1.82) is 0 Å². The standard InChI is InChI=1S/C22H21FO3/c23-19-10-18(21-14-25-8-7-22(21)24)11-20(12-19)26-13-15-5-6-16-3-1-2-4-17(16)9-15/h1-6,9-12,21-22,24H,7-8,13-14H2. The van der Waals surface area contributed by atoms with E-state index >= 15 is 0 Å². The minimum Gasteiger partial charge on any atom is -0.489 e. The second-order valence-corrected chi connectivity index (χ2v) is 6.73. The van der Waals surface area contributed by atoms with Crippen molar-refractivity contribution in [3.05, 3.63) is 77.6 Å². The Labute approximate surface area is 152 Å². The maximum atomic E-state index is 14.0. The zero-order valence-corrected chi connectivity index (χ0v) is 14.4. The van der Waals surface area contributed by atoms with Gasteiger partial charge in [-0.1, -0.05) is 36.4 Å². The first kappa shape index (κ1) is 17.0. The summed E-state index contributed by atoms with van der Waals surface area (Å²) < 4.78 is 25.3. The van der Waals surface area contributed by atoms with Crippen LogP contribution in [0.5, 0.6) is 5.75 Å². The molecule has 0 bridgehead atoms. The zero-order valence-electron chi connectivity index (χ0n) is 14.4. The number of ether oxygens (including phenoxy) is 2. The van der Waals surface area contributed by atoms with Crippen LogP contribution in [0, 0.1) is 5.82 Å². The molecule has 1 aliphatic heterocycles. The predicted molar refractivity (Wildman–Crippen MR) is 98.9 cm³/mol. The molecule has 0 radical (unpaired) electrons. The van der Waals surface area contributed by atoms with Gasteiger partial charge in [0, 0.05) is 18.6 Å². The lowest BCUT2D eigenvalue weighted by atomic mass is 9.91. The number of hydrogen-bond donors (Lipinski definition) is 1. The Morgan fingerprint density at radius 2 is 1.88 bits per heavy atom. The highest BCUT2D eigenvalue weighted by Crippen LogP contribution is 2.30. The van der Waals surface area contributed by atoms with Crippen LogP contribution in [-0.2, 0) is 11.3 Å². The van der Waals surface area contributed by atoms with Gasteiger partial charge in [0.15, 0.2) is 0 Å². The van der Waals surface area contributed by atoms with Crippen molar-refractivity contribution in [3.63, 3.8) is 0 Å². The molecular formula is C22H21FO3. The molecule has 0 aliphatic carbocycles. The van der Waals surface area contributed by atoms with E-state index in [-0.39, 0.29) is 11.7 Å². The largest absolute Gasteiger partial charge is 0.489 e. The molecule has 3 aromatic carbocycles. The summed E-state index contributed by atoms with van der Waals surface area (Å²) in [4.78, 5) is 0. The monoisotopic (exact) mass is 352 g/mol. The van der Waals surface area contributed by atoms with Crippen molar-refractivity contribution < 1.29 is 19.0 Å². The van der Waals surface area contributed by atoms with Gasteiger partial charge in [-0.15, -0.1) is 0 Å². The van der Waals surface area contributed by atoms with Crippen molar-refractivity contribution >= 4 is 10.8 Å². The molecule has 0 amide bonds. The lowest BCUT2D eigenvalue weighted by Crippen LogP contribution is -2.30. The van der Waals surface area contributed by atoms with Crippen LogP contribution in [0.1, 0.15) is 23.5 Å². The van der Waals surface area contributed by atoms with Gasteiger partial charge in [-0.25, -0.2) is 4.39 Å². The van der Waals surface area contributed by atoms with E-state index in [1.165, 1.54) is 17.5 Å². The molecular weight excluding hydrogens is 331 g/mol. The molecule has 0 spiro atoms. The third-order valence-electron chi connectivity index (χ3n) is 4.86. The normalized spacial score (nSPS) is 20.2. The molecule has 0 aromatic heterocycles. The Kier molecular flexibility index (Phi) is 4.87. The van der Waals surface area contributed by atoms with E-state index in [2.05, 4.69) is 24.3 Å². The molecule has 134 valence electrons. The van der Waals surface area contributed by atoms with E-state index in [4.69, 9.17) is 9.47 Å². The first-order valence-electron chi connectivity index (χ1n) is 8.86. The fraction of sp³-hybridized carbons (Fsp3) is 0.273. The minimum atomic E-state index is -0.515. The topological polar surface area (TPSA) is 38.7 Å². The van der Waals surface area contributed by atoms with Crippen LogP contribution < -0.4 is 4.74 Å². The SMILES string of the molecule is OC1CCOCC1c1cc(F)cc(OCc2ccc3ccccc3c2)c1. The van der Waals surface area contributed by atoms with Crippen LogP contribution >= 0.6 is 0 Å². The van der Waals surface area contributed by atoms with E-state index < -0.39 is 6.10 Å². The van der Waals surface area contributed by atoms with Crippen LogP contribution in [0.25, 0.3) is 10.8 Å². The number of hydrogen-bond acceptors (Lipinski definition) is 3. The molecule has 2 atom stereocenters. The van der Waals surface area contributed by atoms with Crippen LogP contribution in [0.2, 0.25) is 0 Å². The third-order valence-corrected chi connectivity index (χ3v) is 4.86. The van der Waals surface area contributed by atoms with Crippen LogP contribution in [0.4, 0.5) is 4.39 Å². The highest BCUT2D eigenvalue weighted by atomic mass is 19.1. The highest BCUT2D eigenvalue weighted by molar-refractivity contribution is 5.82. The molecule has 1 N–H and O–H groups in total. The Hall–Kier alpha value is -2.43. The maximum absolute atomic E-state index is 14.0. The number of aliphatic hydroxyl groups is 1. The Bertz CT molecular complexity index is 909. The van der Waals surface area contributed by atoms with E-state index in [1.807, 2.05) is 18.2 Å². The van der Waals surface area contributed by atoms with Gasteiger partial charge in [0.1, 0.15) is 18.2 Å². The fourth-order valence-electron chi connectivity index (χ4n) is 3.42. The van der Waals surface area contributed by atoms with Crippen molar-refractivity contribution in [1.82, 2.24) is 0 Å². The van der Waals surface area contributed by atoms with Gasteiger partial charge in [-0.3, -0.25) is 0 Å². The predicted octanol–water partition coefficient (Wildman–Crippen LogP) is 4.42. The van der Waals surface area contributed by atoms with E-state index in [0.717, 1.165) is 10.9 Å². The molecule has 4 rings (SSSR count). The van der Waals surface area contributed by atoms with Crippen molar-refractivity contribution in [2.24, 2.45) is 0 Å². The highest BCUT2D eigenvalue weighted by Gasteiger charge is 2.26. The summed E-state index contributed by atoms with van der Waals surface area (Å²) in [5.41, 5.74) is 1.74. The molecule has 1 saturated heterocycles. The van der Waals surface area contributed by atoms with Gasteiger partial charge >= 0.3 is 0 Å². The van der Waals surface area contributed by atoms with Crippen LogP contribution in [0.3, 0.4) is 0 Å². The summed E-state index contributed by atoms with van der Waals surface area (Å²) in [6.45, 7) is 1.30. The number of rotatable bonds is 4. The second kappa shape index (κ2) is 7.44. The first-order chi connectivity index (χ1) is 12.7. The van der Waals surface area contributed by atoms with Gasteiger partial charge < -0.3 is 14.6 Å². The number of aliphatic hydroxyl groups excluding tert-OH is 1. The van der Waals surface area contributed by atoms with Crippen molar-refractivity contribution in [3.8, 4) is 5.75 Å². The smallest absolute Gasteiger partial charge is 0.127 e. The van der Waals surface area contributed by atoms with E-state index in [0.29, 0.717) is 37.6 Å². The first-order valence-corrected chi connectivity index (χ1v) is 8.86. The Balaban J connectivity index is 1.52. The Morgan fingerprint density at radius 1 is 1.04 bits per heavy atom. The molecule has 1 heterocycles. The van der Waals surface area contributed by atoms with Crippen molar-refractivity contribution in [2.45, 2.75) is 25.0 Å². The van der Waals surface area contributed by atoms with Gasteiger partial charge in [-0.05, 0) is 46.5 Å². The summed E-state index contributed by atoms with van der Waals surface area (Å²) in [6, 6.07) is 18.9. The average Bonchev–Trinajstić information content (AvgIpc) is 2.66. The van der Waals surface area contributed by atoms with E-state index in [1.54, 1.807) is 6.07 Å². The Morgan fingerprint density at radius 3 is 2.73 bits per heavy atom. The summed E-state index contributed by atoms with van der Waals surface area (Å²) >= 11 is 0. The molecule has 4 heteroatoms. The lowest BCUT2D eigenvalue weighted by molar-refractivity contribution is -0.00603. The van der Waals surface area contributed by atoms with Crippen molar-refractivity contribution in [2.75, 3.05) is 13.2 Å². The molecule has 2 unspecified atom stereocenters. The van der Waals surface area contributed by atoms with Gasteiger partial charge in [0.2, 0.25) is 0 Å². The molecule has 0 saturated carbocycles. The van der Waals surface area contributed by atoms with Gasteiger partial charge in [0.05, 0.1) is 12.7 Å².